The van der Waals surface area contributed by atoms with E-state index in [1.54, 1.807) is 25.3 Å². The number of nitrogens with zero attached hydrogens (tertiary/aromatic N) is 2. The number of thioether (sulfide) groups is 1. The van der Waals surface area contributed by atoms with Gasteiger partial charge in [-0.05, 0) is 38.1 Å². The van der Waals surface area contributed by atoms with Crippen LogP contribution in [0.15, 0.2) is 51.9 Å². The molecule has 7 heteroatoms. The van der Waals surface area contributed by atoms with Crippen molar-refractivity contribution < 1.29 is 18.4 Å². The molecule has 1 atom stereocenters. The average Bonchev–Trinajstić information content (AvgIpc) is 3.15. The van der Waals surface area contributed by atoms with Gasteiger partial charge < -0.3 is 14.2 Å². The largest absolute Gasteiger partial charge is 0.461 e. The van der Waals surface area contributed by atoms with E-state index in [-0.39, 0.29) is 17.8 Å². The van der Waals surface area contributed by atoms with Gasteiger partial charge in [-0.3, -0.25) is 0 Å². The molecule has 1 aromatic carbocycles. The second-order valence-corrected chi connectivity index (χ2v) is 6.19. The summed E-state index contributed by atoms with van der Waals surface area (Å²) in [5.41, 5.74) is 1.97. The molecule has 0 amide bonds. The van der Waals surface area contributed by atoms with Crippen molar-refractivity contribution in [3.8, 4) is 0 Å². The Labute approximate surface area is 137 Å². The average molecular weight is 334 g/mol. The summed E-state index contributed by atoms with van der Waals surface area (Å²) in [6.45, 7) is 3.91. The first-order valence-electron chi connectivity index (χ1n) is 7.10. The van der Waals surface area contributed by atoms with Gasteiger partial charge in [0.15, 0.2) is 0 Å². The van der Waals surface area contributed by atoms with Crippen molar-refractivity contribution in [2.24, 2.45) is 0 Å². The van der Waals surface area contributed by atoms with Crippen molar-refractivity contribution in [1.29, 1.82) is 0 Å². The van der Waals surface area contributed by atoms with Crippen molar-refractivity contribution in [2.75, 3.05) is 11.5 Å². The third-order valence-electron chi connectivity index (χ3n) is 3.41. The summed E-state index contributed by atoms with van der Waals surface area (Å²) in [6, 6.07) is 5.99. The van der Waals surface area contributed by atoms with Gasteiger partial charge in [0.2, 0.25) is 0 Å². The highest BCUT2D eigenvalue weighted by molar-refractivity contribution is 8.03. The standard InChI is InChI=1S/C16H15FN2O3S/c1-3-21-16(20)14-10(2)23-15(11-8-18-22-9-11)19(14)13-6-4-12(17)5-7-13/h4-9,15H,3H2,1-2H3. The maximum atomic E-state index is 13.2. The number of carbonyl (C=O) groups excluding carboxylic acids is 1. The molecule has 1 aromatic heterocycles. The molecule has 1 unspecified atom stereocenters. The highest BCUT2D eigenvalue weighted by atomic mass is 32.2. The first kappa shape index (κ1) is 15.6. The second kappa shape index (κ2) is 6.45. The van der Waals surface area contributed by atoms with Crippen molar-refractivity contribution in [3.05, 3.63) is 58.7 Å². The molecule has 0 aliphatic carbocycles. The molecule has 120 valence electrons. The molecule has 1 aliphatic heterocycles. The van der Waals surface area contributed by atoms with Gasteiger partial charge in [0.25, 0.3) is 0 Å². The molecule has 0 bridgehead atoms. The minimum Gasteiger partial charge on any atom is -0.461 e. The van der Waals surface area contributed by atoms with E-state index in [9.17, 15) is 9.18 Å². The number of aromatic nitrogens is 1. The number of hydrogen-bond donors (Lipinski definition) is 0. The minimum atomic E-state index is -0.402. The Bertz CT molecular complexity index is 728. The molecule has 2 aromatic rings. The van der Waals surface area contributed by atoms with Crippen molar-refractivity contribution in [3.63, 3.8) is 0 Å². The van der Waals surface area contributed by atoms with Gasteiger partial charge in [-0.2, -0.15) is 0 Å². The fraction of sp³-hybridized carbons (Fsp3) is 0.250. The Morgan fingerprint density at radius 2 is 2.17 bits per heavy atom. The summed E-state index contributed by atoms with van der Waals surface area (Å²) < 4.78 is 23.3. The summed E-state index contributed by atoms with van der Waals surface area (Å²) >= 11 is 1.50. The van der Waals surface area contributed by atoms with Crippen LogP contribution >= 0.6 is 11.8 Å². The molecule has 0 saturated carbocycles. The number of anilines is 1. The van der Waals surface area contributed by atoms with Crippen LogP contribution in [0.25, 0.3) is 0 Å². The van der Waals surface area contributed by atoms with E-state index in [0.29, 0.717) is 11.4 Å². The van der Waals surface area contributed by atoms with Crippen LogP contribution in [0.3, 0.4) is 0 Å². The lowest BCUT2D eigenvalue weighted by molar-refractivity contribution is -0.138. The number of esters is 1. The molecule has 5 nitrogen and oxygen atoms in total. The Balaban J connectivity index is 2.04. The van der Waals surface area contributed by atoms with E-state index in [4.69, 9.17) is 9.26 Å². The quantitative estimate of drug-likeness (QED) is 0.792. The Hall–Kier alpha value is -2.28. The predicted octanol–water partition coefficient (Wildman–Crippen LogP) is 3.86. The number of allylic oxidation sites excluding steroid dienone is 1. The number of ether oxygens (including phenoxy) is 1. The zero-order chi connectivity index (χ0) is 16.4. The summed E-state index contributed by atoms with van der Waals surface area (Å²) in [7, 11) is 0. The summed E-state index contributed by atoms with van der Waals surface area (Å²) in [6.07, 6.45) is 3.14. The lowest BCUT2D eigenvalue weighted by Gasteiger charge is -2.27. The number of rotatable bonds is 4. The zero-order valence-corrected chi connectivity index (χ0v) is 13.5. The van der Waals surface area contributed by atoms with Crippen molar-refractivity contribution >= 4 is 23.4 Å². The highest BCUT2D eigenvalue weighted by Crippen LogP contribution is 2.49. The van der Waals surface area contributed by atoms with E-state index in [2.05, 4.69) is 5.16 Å². The fourth-order valence-electron chi connectivity index (χ4n) is 2.42. The van der Waals surface area contributed by atoms with Crippen molar-refractivity contribution in [2.45, 2.75) is 19.2 Å². The van der Waals surface area contributed by atoms with Gasteiger partial charge in [-0.1, -0.05) is 16.9 Å². The molecule has 23 heavy (non-hydrogen) atoms. The molecular weight excluding hydrogens is 319 g/mol. The van der Waals surface area contributed by atoms with Crippen LogP contribution in [-0.2, 0) is 9.53 Å². The van der Waals surface area contributed by atoms with Crippen LogP contribution in [-0.4, -0.2) is 17.7 Å². The van der Waals surface area contributed by atoms with Crippen LogP contribution < -0.4 is 4.90 Å². The van der Waals surface area contributed by atoms with E-state index in [1.807, 2.05) is 11.8 Å². The van der Waals surface area contributed by atoms with Gasteiger partial charge in [0, 0.05) is 16.2 Å². The maximum absolute atomic E-state index is 13.2. The molecular formula is C16H15FN2O3S. The Morgan fingerprint density at radius 1 is 1.43 bits per heavy atom. The predicted molar refractivity (Wildman–Crippen MR) is 85.0 cm³/mol. The highest BCUT2D eigenvalue weighted by Gasteiger charge is 2.38. The third-order valence-corrected chi connectivity index (χ3v) is 4.66. The van der Waals surface area contributed by atoms with Gasteiger partial charge in [-0.25, -0.2) is 9.18 Å². The summed E-state index contributed by atoms with van der Waals surface area (Å²) in [5, 5.41) is 3.51. The van der Waals surface area contributed by atoms with E-state index < -0.39 is 5.97 Å². The topological polar surface area (TPSA) is 55.6 Å². The minimum absolute atomic E-state index is 0.217. The molecule has 1 aliphatic rings. The molecule has 0 saturated heterocycles. The normalized spacial score (nSPS) is 17.7. The molecule has 0 N–H and O–H groups in total. The van der Waals surface area contributed by atoms with E-state index >= 15 is 0 Å². The molecule has 2 heterocycles. The molecule has 3 rings (SSSR count). The fourth-order valence-corrected chi connectivity index (χ4v) is 3.64. The van der Waals surface area contributed by atoms with Gasteiger partial charge in [0.05, 0.1) is 12.8 Å². The van der Waals surface area contributed by atoms with Crippen LogP contribution in [0.2, 0.25) is 0 Å². The van der Waals surface area contributed by atoms with Crippen LogP contribution in [0, 0.1) is 5.82 Å². The third kappa shape index (κ3) is 2.96. The zero-order valence-electron chi connectivity index (χ0n) is 12.7. The first-order valence-corrected chi connectivity index (χ1v) is 7.98. The number of halogens is 1. The maximum Gasteiger partial charge on any atom is 0.355 e. The molecule has 0 fully saturated rings. The van der Waals surface area contributed by atoms with E-state index in [1.165, 1.54) is 30.2 Å². The van der Waals surface area contributed by atoms with Gasteiger partial charge >= 0.3 is 5.97 Å². The van der Waals surface area contributed by atoms with Gasteiger partial charge in [0.1, 0.15) is 23.2 Å². The lowest BCUT2D eigenvalue weighted by Crippen LogP contribution is -2.27. The molecule has 0 spiro atoms. The number of benzene rings is 1. The van der Waals surface area contributed by atoms with Gasteiger partial charge in [-0.15, -0.1) is 0 Å². The summed E-state index contributed by atoms with van der Waals surface area (Å²) in [5.74, 6) is -0.735. The summed E-state index contributed by atoms with van der Waals surface area (Å²) in [4.78, 5) is 15.0. The van der Waals surface area contributed by atoms with E-state index in [0.717, 1.165) is 10.5 Å². The monoisotopic (exact) mass is 334 g/mol. The Morgan fingerprint density at radius 3 is 2.78 bits per heavy atom. The number of carbonyl (C=O) groups is 1. The van der Waals surface area contributed by atoms with Crippen LogP contribution in [0.4, 0.5) is 10.1 Å². The SMILES string of the molecule is CCOC(=O)C1=C(C)SC(c2cnoc2)N1c1ccc(F)cc1. The molecule has 0 radical (unpaired) electrons. The number of hydrogen-bond acceptors (Lipinski definition) is 6. The van der Waals surface area contributed by atoms with Crippen LogP contribution in [0.1, 0.15) is 24.8 Å². The smallest absolute Gasteiger partial charge is 0.355 e. The first-order chi connectivity index (χ1) is 11.1. The lowest BCUT2D eigenvalue weighted by atomic mass is 10.2. The van der Waals surface area contributed by atoms with Crippen LogP contribution in [0.5, 0.6) is 0 Å². The Kier molecular flexibility index (Phi) is 4.38. The van der Waals surface area contributed by atoms with Crippen molar-refractivity contribution in [1.82, 2.24) is 5.16 Å². The second-order valence-electron chi connectivity index (χ2n) is 4.90.